The molecule has 3 N–H and O–H groups in total. The van der Waals surface area contributed by atoms with Crippen molar-refractivity contribution in [1.82, 2.24) is 50.4 Å². The van der Waals surface area contributed by atoms with Gasteiger partial charge < -0.3 is 29.3 Å². The number of anilines is 2. The van der Waals surface area contributed by atoms with Crippen LogP contribution in [0, 0.1) is 11.6 Å². The van der Waals surface area contributed by atoms with E-state index in [0.29, 0.717) is 34.2 Å². The molecule has 0 bridgehead atoms. The van der Waals surface area contributed by atoms with Crippen LogP contribution in [0.15, 0.2) is 73.1 Å². The largest absolute Gasteiger partial charge is 0.481 e. The summed E-state index contributed by atoms with van der Waals surface area (Å²) in [6, 6.07) is 14.6. The lowest BCUT2D eigenvalue weighted by Crippen LogP contribution is -2.30. The Labute approximate surface area is 342 Å². The van der Waals surface area contributed by atoms with Gasteiger partial charge in [0, 0.05) is 40.3 Å². The summed E-state index contributed by atoms with van der Waals surface area (Å²) in [5, 5.41) is 33.9. The number of amides is 1. The van der Waals surface area contributed by atoms with Gasteiger partial charge in [-0.25, -0.2) is 22.7 Å². The fraction of sp³-hybridized carbons (Fsp3) is 0.265. The fourth-order valence-corrected chi connectivity index (χ4v) is 8.37. The number of aliphatic hydroxyl groups excluding tert-OH is 1. The Morgan fingerprint density at radius 3 is 1.77 bits per heavy atom. The van der Waals surface area contributed by atoms with E-state index in [0.717, 1.165) is 17.0 Å². The molecule has 318 valence electrons. The van der Waals surface area contributed by atoms with Gasteiger partial charge in [-0.15, -0.1) is 20.4 Å². The maximum atomic E-state index is 15.3. The molecule has 0 saturated carbocycles. The van der Waals surface area contributed by atoms with Gasteiger partial charge in [-0.3, -0.25) is 23.9 Å². The van der Waals surface area contributed by atoms with Gasteiger partial charge in [0.25, 0.3) is 0 Å². The summed E-state index contributed by atoms with van der Waals surface area (Å²) in [6.45, 7) is -1.88. The molecule has 1 amide bonds. The van der Waals surface area contributed by atoms with Crippen LogP contribution in [-0.2, 0) is 46.1 Å². The molecule has 2 saturated heterocycles. The third-order valence-electron chi connectivity index (χ3n) is 9.08. The summed E-state index contributed by atoms with van der Waals surface area (Å²) in [5.74, 6) is -0.751. The van der Waals surface area contributed by atoms with Crippen LogP contribution in [0.1, 0.15) is 0 Å². The maximum Gasteiger partial charge on any atom is 0.481 e. The summed E-state index contributed by atoms with van der Waals surface area (Å²) in [7, 11) is -7.41. The number of hydrogen-bond acceptors (Lipinski definition) is 18. The summed E-state index contributed by atoms with van der Waals surface area (Å²) in [5.41, 5.74) is 2.44. The fourth-order valence-electron chi connectivity index (χ4n) is 6.24. The molecule has 0 spiro atoms. The van der Waals surface area contributed by atoms with Crippen molar-refractivity contribution in [3.05, 3.63) is 84.7 Å². The highest BCUT2D eigenvalue weighted by Gasteiger charge is 2.41. The minimum atomic E-state index is -5.32. The quantitative estimate of drug-likeness (QED) is 0.132. The second-order valence-electron chi connectivity index (χ2n) is 13.4. The number of hydrogen-bond donors (Lipinski definition) is 3. The summed E-state index contributed by atoms with van der Waals surface area (Å²) in [4.78, 5) is 46.4. The van der Waals surface area contributed by atoms with E-state index < -0.39 is 65.2 Å². The van der Waals surface area contributed by atoms with Crippen LogP contribution >= 0.6 is 15.6 Å². The molecule has 4 aromatic heterocycles. The van der Waals surface area contributed by atoms with Crippen LogP contribution in [0.5, 0.6) is 0 Å². The Morgan fingerprint density at radius 1 is 0.754 bits per heavy atom. The molecule has 2 aliphatic heterocycles. The Kier molecular flexibility index (Phi) is 11.5. The molecule has 6 heterocycles. The zero-order chi connectivity index (χ0) is 43.1. The molecule has 8 rings (SSSR count). The lowest BCUT2D eigenvalue weighted by Gasteiger charge is -2.21. The van der Waals surface area contributed by atoms with Crippen molar-refractivity contribution in [3.63, 3.8) is 0 Å². The molecule has 2 aromatic carbocycles. The predicted octanol–water partition coefficient (Wildman–Crippen LogP) is 3.23. The number of ether oxygens (including phenoxy) is 2. The van der Waals surface area contributed by atoms with E-state index >= 15 is 8.78 Å². The number of aryl methyl sites for hydroxylation is 2. The second-order valence-corrected chi connectivity index (χ2v) is 16.4. The zero-order valence-electron chi connectivity index (χ0n) is 31.6. The third kappa shape index (κ3) is 9.49. The molecule has 0 aliphatic carbocycles. The van der Waals surface area contributed by atoms with E-state index in [1.807, 2.05) is 0 Å². The summed E-state index contributed by atoms with van der Waals surface area (Å²) < 4.78 is 80.4. The number of carbonyl (C=O) groups excluding carboxylic acids is 1. The first-order chi connectivity index (χ1) is 29.1. The number of phosphoric ester groups is 2. The van der Waals surface area contributed by atoms with Crippen molar-refractivity contribution in [3.8, 4) is 45.3 Å². The Balaban J connectivity index is 0.807. The number of cyclic esters (lactones) is 1. The molecular weight excluding hydrogens is 852 g/mol. The highest BCUT2D eigenvalue weighted by atomic mass is 31.3. The van der Waals surface area contributed by atoms with Crippen molar-refractivity contribution in [1.29, 1.82) is 0 Å². The number of pyridine rings is 2. The lowest BCUT2D eigenvalue weighted by atomic mass is 10.1. The van der Waals surface area contributed by atoms with E-state index in [-0.39, 0.29) is 35.6 Å². The van der Waals surface area contributed by atoms with E-state index in [4.69, 9.17) is 18.5 Å². The molecule has 0 radical (unpaired) electrons. The number of aromatic nitrogens is 10. The van der Waals surface area contributed by atoms with Gasteiger partial charge in [0.1, 0.15) is 35.2 Å². The van der Waals surface area contributed by atoms with Gasteiger partial charge in [-0.2, -0.15) is 13.9 Å². The van der Waals surface area contributed by atoms with Gasteiger partial charge >= 0.3 is 21.7 Å². The van der Waals surface area contributed by atoms with Gasteiger partial charge in [-0.05, 0) is 59.0 Å². The molecule has 5 atom stereocenters. The van der Waals surface area contributed by atoms with E-state index in [2.05, 4.69) is 45.1 Å². The number of phosphoric acid groups is 2. The van der Waals surface area contributed by atoms with Crippen LogP contribution in [0.3, 0.4) is 0 Å². The predicted molar refractivity (Wildman–Crippen MR) is 203 cm³/mol. The van der Waals surface area contributed by atoms with E-state index in [9.17, 15) is 28.8 Å². The third-order valence-corrected chi connectivity index (χ3v) is 11.7. The van der Waals surface area contributed by atoms with Crippen molar-refractivity contribution in [2.24, 2.45) is 14.1 Å². The number of halogens is 2. The molecule has 61 heavy (non-hydrogen) atoms. The standard InChI is InChI=1S/C34H32F2N12O11P2/c1-45-41-31(39-43-45)29-9-3-19(13-37-29)25-7-5-21(11-27(25)35)47-15-23(57-33(47)49)17-55-60(51,52)59-61(53,54)56-18-24-16-48(34(50)58-24)22-6-8-26(28(36)12-22)20-4-10-30(38-14-20)32-40-44-46(2)42-32/h3-14,23-24,33,49H,15-18H2,1-2H3,(H,51,52)(H,53,54)/t23-,24-,33?/m1/s1. The van der Waals surface area contributed by atoms with Crippen LogP contribution < -0.4 is 9.80 Å². The molecule has 3 unspecified atom stereocenters. The lowest BCUT2D eigenvalue weighted by molar-refractivity contribution is -0.0982. The molecular formula is C34H32F2N12O11P2. The Hall–Kier alpha value is -6.01. The molecule has 27 heteroatoms. The molecule has 23 nitrogen and oxygen atoms in total. The minimum absolute atomic E-state index is 0.107. The van der Waals surface area contributed by atoms with Crippen LogP contribution in [0.2, 0.25) is 0 Å². The van der Waals surface area contributed by atoms with Crippen molar-refractivity contribution < 1.29 is 60.4 Å². The van der Waals surface area contributed by atoms with Gasteiger partial charge in [0.2, 0.25) is 18.1 Å². The number of nitrogens with zero attached hydrogens (tertiary/aromatic N) is 12. The molecule has 2 fully saturated rings. The minimum Gasteiger partial charge on any atom is -0.441 e. The average Bonchev–Trinajstić information content (AvgIpc) is 4.03. The normalized spacial score (nSPS) is 19.9. The van der Waals surface area contributed by atoms with Crippen LogP contribution in [-0.4, -0.2) is 116 Å². The summed E-state index contributed by atoms with van der Waals surface area (Å²) >= 11 is 0. The second kappa shape index (κ2) is 16.8. The maximum absolute atomic E-state index is 15.3. The SMILES string of the molecule is Cn1nnc(-c2ccc(-c3ccc(N4C[C@H](COP(=O)(O)OP(=O)(O)OC[C@H]5CN(c6ccc(-c7ccc(-c8nnn(C)n8)nc7)c(F)c6)C(O)O5)OC4=O)cc3F)cn2)n1. The highest BCUT2D eigenvalue weighted by molar-refractivity contribution is 7.61. The molecule has 2 aliphatic rings. The first-order valence-corrected chi connectivity index (χ1v) is 20.8. The first kappa shape index (κ1) is 41.7. The molecule has 6 aromatic rings. The van der Waals surface area contributed by atoms with Gasteiger partial charge in [-0.1, -0.05) is 12.1 Å². The topological polar surface area (TPSA) is 278 Å². The number of carbonyl (C=O) groups is 1. The van der Waals surface area contributed by atoms with Gasteiger partial charge in [0.15, 0.2) is 0 Å². The number of benzene rings is 2. The Morgan fingerprint density at radius 2 is 1.28 bits per heavy atom. The smallest absolute Gasteiger partial charge is 0.441 e. The monoisotopic (exact) mass is 884 g/mol. The average molecular weight is 885 g/mol. The van der Waals surface area contributed by atoms with Crippen molar-refractivity contribution in [2.75, 3.05) is 36.1 Å². The van der Waals surface area contributed by atoms with Crippen molar-refractivity contribution >= 4 is 33.1 Å². The number of aliphatic hydroxyl groups is 1. The van der Waals surface area contributed by atoms with Crippen molar-refractivity contribution in [2.45, 2.75) is 18.6 Å². The first-order valence-electron chi connectivity index (χ1n) is 17.8. The van der Waals surface area contributed by atoms with Crippen LogP contribution in [0.4, 0.5) is 25.0 Å². The zero-order valence-corrected chi connectivity index (χ0v) is 33.4. The van der Waals surface area contributed by atoms with E-state index in [1.165, 1.54) is 51.2 Å². The highest BCUT2D eigenvalue weighted by Crippen LogP contribution is 2.60. The van der Waals surface area contributed by atoms with Gasteiger partial charge in [0.05, 0.1) is 46.1 Å². The Bertz CT molecular complexity index is 2680. The van der Waals surface area contributed by atoms with Crippen LogP contribution in [0.25, 0.3) is 45.3 Å². The summed E-state index contributed by atoms with van der Waals surface area (Å²) in [6.07, 6.45) is -1.91. The van der Waals surface area contributed by atoms with E-state index in [1.54, 1.807) is 38.4 Å². The number of tetrazole rings is 2. The number of rotatable bonds is 14.